The molecular formula is C19H24Cl2N6O2. The summed E-state index contributed by atoms with van der Waals surface area (Å²) in [6.07, 6.45) is 3.56. The van der Waals surface area contributed by atoms with Crippen molar-refractivity contribution in [2.24, 2.45) is 5.73 Å². The summed E-state index contributed by atoms with van der Waals surface area (Å²) in [4.78, 5) is 15.2. The zero-order valence-electron chi connectivity index (χ0n) is 16.2. The van der Waals surface area contributed by atoms with Gasteiger partial charge in [0.15, 0.2) is 0 Å². The number of anilines is 1. The van der Waals surface area contributed by atoms with Gasteiger partial charge in [-0.15, -0.1) is 24.8 Å². The number of aromatic nitrogens is 4. The molecule has 0 bridgehead atoms. The minimum atomic E-state index is 0. The van der Waals surface area contributed by atoms with Gasteiger partial charge in [0, 0.05) is 36.3 Å². The van der Waals surface area contributed by atoms with E-state index < -0.39 is 0 Å². The van der Waals surface area contributed by atoms with E-state index in [1.54, 1.807) is 13.4 Å². The number of nitrogens with zero attached hydrogens (tertiary/aromatic N) is 5. The average molecular weight is 439 g/mol. The molecule has 4 rings (SSSR count). The van der Waals surface area contributed by atoms with Crippen molar-refractivity contribution in [1.82, 2.24) is 20.1 Å². The number of rotatable bonds is 6. The first-order valence-electron chi connectivity index (χ1n) is 8.88. The first-order chi connectivity index (χ1) is 13.1. The van der Waals surface area contributed by atoms with Crippen LogP contribution in [-0.4, -0.2) is 40.3 Å². The van der Waals surface area contributed by atoms with E-state index in [2.05, 4.69) is 20.1 Å². The molecular weight excluding hydrogens is 415 g/mol. The van der Waals surface area contributed by atoms with E-state index in [1.807, 2.05) is 42.3 Å². The third-order valence-electron chi connectivity index (χ3n) is 4.85. The molecule has 0 saturated heterocycles. The normalized spacial score (nSPS) is 17.5. The molecule has 1 saturated carbocycles. The molecule has 156 valence electrons. The Morgan fingerprint density at radius 3 is 2.55 bits per heavy atom. The number of methoxy groups -OCH3 is 1. The molecule has 2 heterocycles. The highest BCUT2D eigenvalue weighted by molar-refractivity contribution is 5.85. The van der Waals surface area contributed by atoms with Crippen molar-refractivity contribution in [1.29, 1.82) is 0 Å². The number of ether oxygens (including phenoxy) is 1. The third kappa shape index (κ3) is 5.14. The molecule has 0 amide bonds. The summed E-state index contributed by atoms with van der Waals surface area (Å²) >= 11 is 0. The summed E-state index contributed by atoms with van der Waals surface area (Å²) in [7, 11) is 3.57. The molecule has 0 aliphatic heterocycles. The van der Waals surface area contributed by atoms with Gasteiger partial charge in [-0.05, 0) is 37.1 Å². The van der Waals surface area contributed by atoms with Crippen LogP contribution in [0.1, 0.15) is 30.3 Å². The third-order valence-corrected chi connectivity index (χ3v) is 4.85. The highest BCUT2D eigenvalue weighted by atomic mass is 35.5. The fourth-order valence-electron chi connectivity index (χ4n) is 3.16. The molecule has 2 aromatic heterocycles. The zero-order chi connectivity index (χ0) is 18.8. The Kier molecular flexibility index (Phi) is 7.78. The summed E-state index contributed by atoms with van der Waals surface area (Å²) in [6, 6.07) is 9.84. The highest BCUT2D eigenvalue weighted by Crippen LogP contribution is 2.35. The zero-order valence-corrected chi connectivity index (χ0v) is 17.8. The average Bonchev–Trinajstić information content (AvgIpc) is 3.14. The topological polar surface area (TPSA) is 103 Å². The number of hydrogen-bond acceptors (Lipinski definition) is 8. The van der Waals surface area contributed by atoms with Gasteiger partial charge in [0.05, 0.1) is 13.7 Å². The standard InChI is InChI=1S/C19H22N6O2.2ClH/c1-25(17-9-16(21-11-22-17)13-7-14(20)8-13)10-18-23-19(24-27-18)12-3-5-15(26-2)6-4-12;;/h3-6,9,11,13-14H,7-8,10,20H2,1-2H3;2*1H. The molecule has 0 unspecified atom stereocenters. The van der Waals surface area contributed by atoms with Gasteiger partial charge in [0.2, 0.25) is 11.7 Å². The Bertz CT molecular complexity index is 915. The Labute approximate surface area is 181 Å². The van der Waals surface area contributed by atoms with E-state index in [0.29, 0.717) is 30.2 Å². The highest BCUT2D eigenvalue weighted by Gasteiger charge is 2.28. The maximum Gasteiger partial charge on any atom is 0.246 e. The van der Waals surface area contributed by atoms with Crippen LogP contribution >= 0.6 is 24.8 Å². The van der Waals surface area contributed by atoms with Crippen LogP contribution in [0.5, 0.6) is 5.75 Å². The lowest BCUT2D eigenvalue weighted by Gasteiger charge is -2.32. The van der Waals surface area contributed by atoms with Gasteiger partial charge in [-0.1, -0.05) is 5.16 Å². The molecule has 3 aromatic rings. The molecule has 1 fully saturated rings. The van der Waals surface area contributed by atoms with E-state index in [4.69, 9.17) is 15.0 Å². The van der Waals surface area contributed by atoms with E-state index >= 15 is 0 Å². The minimum Gasteiger partial charge on any atom is -0.497 e. The summed E-state index contributed by atoms with van der Waals surface area (Å²) in [6.45, 7) is 0.462. The molecule has 2 N–H and O–H groups in total. The number of hydrogen-bond donors (Lipinski definition) is 1. The van der Waals surface area contributed by atoms with Gasteiger partial charge in [-0.2, -0.15) is 4.98 Å². The molecule has 1 aliphatic carbocycles. The Morgan fingerprint density at radius 2 is 1.90 bits per heavy atom. The van der Waals surface area contributed by atoms with Gasteiger partial charge < -0.3 is 19.9 Å². The van der Waals surface area contributed by atoms with Crippen LogP contribution in [-0.2, 0) is 6.54 Å². The molecule has 1 aliphatic rings. The van der Waals surface area contributed by atoms with Gasteiger partial charge in [0.25, 0.3) is 0 Å². The van der Waals surface area contributed by atoms with Gasteiger partial charge >= 0.3 is 0 Å². The lowest BCUT2D eigenvalue weighted by atomic mass is 9.78. The Hall–Kier alpha value is -2.42. The lowest BCUT2D eigenvalue weighted by molar-refractivity contribution is 0.345. The second-order valence-electron chi connectivity index (χ2n) is 6.83. The van der Waals surface area contributed by atoms with Crippen LogP contribution < -0.4 is 15.4 Å². The summed E-state index contributed by atoms with van der Waals surface area (Å²) in [5.74, 6) is 3.11. The van der Waals surface area contributed by atoms with Gasteiger partial charge in [0.1, 0.15) is 17.9 Å². The number of halogens is 2. The van der Waals surface area contributed by atoms with Gasteiger partial charge in [-0.3, -0.25) is 0 Å². The predicted octanol–water partition coefficient (Wildman–Crippen LogP) is 3.22. The summed E-state index contributed by atoms with van der Waals surface area (Å²) in [5.41, 5.74) is 7.80. The Morgan fingerprint density at radius 1 is 1.17 bits per heavy atom. The molecule has 1 aromatic carbocycles. The smallest absolute Gasteiger partial charge is 0.246 e. The second kappa shape index (κ2) is 9.87. The van der Waals surface area contributed by atoms with E-state index in [-0.39, 0.29) is 24.8 Å². The van der Waals surface area contributed by atoms with Crippen molar-refractivity contribution in [2.75, 3.05) is 19.1 Å². The fraction of sp³-hybridized carbons (Fsp3) is 0.368. The van der Waals surface area contributed by atoms with Crippen LogP contribution in [0.2, 0.25) is 0 Å². The van der Waals surface area contributed by atoms with Crippen LogP contribution in [0.4, 0.5) is 5.82 Å². The SMILES string of the molecule is COc1ccc(-c2noc(CN(C)c3cc(C4CC(N)C4)ncn3)n2)cc1.Cl.Cl. The lowest BCUT2D eigenvalue weighted by Crippen LogP contribution is -2.35. The van der Waals surface area contributed by atoms with Crippen LogP contribution in [0.25, 0.3) is 11.4 Å². The van der Waals surface area contributed by atoms with E-state index in [9.17, 15) is 0 Å². The predicted molar refractivity (Wildman–Crippen MR) is 115 cm³/mol. The first kappa shape index (κ1) is 22.9. The van der Waals surface area contributed by atoms with Crippen molar-refractivity contribution in [2.45, 2.75) is 31.3 Å². The van der Waals surface area contributed by atoms with Crippen LogP contribution in [0.15, 0.2) is 41.2 Å². The molecule has 0 spiro atoms. The van der Waals surface area contributed by atoms with Crippen molar-refractivity contribution in [3.63, 3.8) is 0 Å². The van der Waals surface area contributed by atoms with Crippen LogP contribution in [0.3, 0.4) is 0 Å². The van der Waals surface area contributed by atoms with Crippen molar-refractivity contribution >= 4 is 30.6 Å². The Balaban J connectivity index is 0.00000150. The van der Waals surface area contributed by atoms with E-state index in [0.717, 1.165) is 35.7 Å². The molecule has 0 atom stereocenters. The summed E-state index contributed by atoms with van der Waals surface area (Å²) < 4.78 is 10.6. The van der Waals surface area contributed by atoms with Gasteiger partial charge in [-0.25, -0.2) is 9.97 Å². The summed E-state index contributed by atoms with van der Waals surface area (Å²) in [5, 5.41) is 4.06. The fourth-order valence-corrected chi connectivity index (χ4v) is 3.16. The van der Waals surface area contributed by atoms with Crippen molar-refractivity contribution in [3.05, 3.63) is 48.2 Å². The second-order valence-corrected chi connectivity index (χ2v) is 6.83. The van der Waals surface area contributed by atoms with Crippen molar-refractivity contribution < 1.29 is 9.26 Å². The monoisotopic (exact) mass is 438 g/mol. The maximum atomic E-state index is 5.88. The van der Waals surface area contributed by atoms with E-state index in [1.165, 1.54) is 0 Å². The minimum absolute atomic E-state index is 0. The largest absolute Gasteiger partial charge is 0.497 e. The maximum absolute atomic E-state index is 5.88. The number of nitrogens with two attached hydrogens (primary N) is 1. The molecule has 29 heavy (non-hydrogen) atoms. The quantitative estimate of drug-likeness (QED) is 0.625. The molecule has 10 heteroatoms. The first-order valence-corrected chi connectivity index (χ1v) is 8.88. The molecule has 8 nitrogen and oxygen atoms in total. The van der Waals surface area contributed by atoms with Crippen LogP contribution in [0, 0.1) is 0 Å². The molecule has 0 radical (unpaired) electrons. The van der Waals surface area contributed by atoms with Crippen molar-refractivity contribution in [3.8, 4) is 17.1 Å². The number of benzene rings is 1.